The Kier molecular flexibility index (Phi) is 6.80. The number of carbonyl (C=O) groups excluding carboxylic acids is 1. The fourth-order valence-corrected chi connectivity index (χ4v) is 2.07. The van der Waals surface area contributed by atoms with E-state index in [1.54, 1.807) is 0 Å². The molecule has 1 amide bonds. The van der Waals surface area contributed by atoms with E-state index in [4.69, 9.17) is 5.11 Å². The second kappa shape index (κ2) is 8.35. The summed E-state index contributed by atoms with van der Waals surface area (Å²) >= 11 is 3.05. The average Bonchev–Trinajstić information content (AvgIpc) is 2.42. The minimum atomic E-state index is -0.832. The maximum atomic E-state index is 11.8. The molecule has 2 N–H and O–H groups in total. The molecule has 0 bridgehead atoms. The van der Waals surface area contributed by atoms with Gasteiger partial charge in [0.05, 0.1) is 9.40 Å². The predicted octanol–water partition coefficient (Wildman–Crippen LogP) is 2.73. The molecule has 0 spiro atoms. The first-order valence-electron chi connectivity index (χ1n) is 6.35. The number of nitrogens with one attached hydrogen (secondary N) is 1. The van der Waals surface area contributed by atoms with Gasteiger partial charge in [-0.3, -0.25) is 19.7 Å². The average molecular weight is 359 g/mol. The number of benzene rings is 1. The standard InChI is InChI=1S/C13H15BrN2O5/c14-10-6-5-9(8-11(10)16(20)21)13(19)15-7-3-1-2-4-12(17)18/h5-6,8H,1-4,7H2,(H,15,19)(H,17,18). The van der Waals surface area contributed by atoms with Crippen molar-refractivity contribution in [2.75, 3.05) is 6.54 Å². The zero-order chi connectivity index (χ0) is 15.8. The highest BCUT2D eigenvalue weighted by molar-refractivity contribution is 9.10. The quantitative estimate of drug-likeness (QED) is 0.421. The van der Waals surface area contributed by atoms with Crippen LogP contribution in [-0.4, -0.2) is 28.5 Å². The number of hydrogen-bond donors (Lipinski definition) is 2. The Morgan fingerprint density at radius 3 is 2.62 bits per heavy atom. The number of halogens is 1. The van der Waals surface area contributed by atoms with Gasteiger partial charge in [-0.1, -0.05) is 6.42 Å². The first-order chi connectivity index (χ1) is 9.91. The summed E-state index contributed by atoms with van der Waals surface area (Å²) < 4.78 is 0.317. The molecule has 1 aromatic carbocycles. The monoisotopic (exact) mass is 358 g/mol. The number of unbranched alkanes of at least 4 members (excludes halogenated alkanes) is 2. The van der Waals surface area contributed by atoms with Crippen LogP contribution in [-0.2, 0) is 4.79 Å². The number of nitro benzene ring substituents is 1. The number of carboxylic acid groups (broad SMARTS) is 1. The van der Waals surface area contributed by atoms with Gasteiger partial charge in [-0.05, 0) is 40.9 Å². The molecule has 114 valence electrons. The highest BCUT2D eigenvalue weighted by Crippen LogP contribution is 2.25. The summed E-state index contributed by atoms with van der Waals surface area (Å²) in [6.45, 7) is 0.405. The lowest BCUT2D eigenvalue weighted by Gasteiger charge is -2.05. The molecule has 0 aromatic heterocycles. The van der Waals surface area contributed by atoms with Gasteiger partial charge in [-0.2, -0.15) is 0 Å². The molecule has 1 aromatic rings. The van der Waals surface area contributed by atoms with Crippen LogP contribution in [0.1, 0.15) is 36.0 Å². The molecule has 0 unspecified atom stereocenters. The Bertz CT molecular complexity index is 547. The number of hydrogen-bond acceptors (Lipinski definition) is 4. The largest absolute Gasteiger partial charge is 0.481 e. The third-order valence-corrected chi connectivity index (χ3v) is 3.43. The van der Waals surface area contributed by atoms with Gasteiger partial charge in [0.2, 0.25) is 0 Å². The van der Waals surface area contributed by atoms with Crippen molar-refractivity contribution in [2.24, 2.45) is 0 Å². The smallest absolute Gasteiger partial charge is 0.303 e. The summed E-state index contributed by atoms with van der Waals surface area (Å²) in [5.41, 5.74) is 0.0551. The van der Waals surface area contributed by atoms with E-state index in [2.05, 4.69) is 21.2 Å². The van der Waals surface area contributed by atoms with E-state index in [9.17, 15) is 19.7 Å². The maximum Gasteiger partial charge on any atom is 0.303 e. The van der Waals surface area contributed by atoms with Gasteiger partial charge in [-0.25, -0.2) is 0 Å². The van der Waals surface area contributed by atoms with Crippen LogP contribution in [0.3, 0.4) is 0 Å². The summed E-state index contributed by atoms with van der Waals surface area (Å²) in [5.74, 6) is -1.22. The Balaban J connectivity index is 2.44. The number of rotatable bonds is 8. The first kappa shape index (κ1) is 17.1. The van der Waals surface area contributed by atoms with E-state index in [-0.39, 0.29) is 23.6 Å². The summed E-state index contributed by atoms with van der Waals surface area (Å²) in [7, 11) is 0. The van der Waals surface area contributed by atoms with E-state index < -0.39 is 10.9 Å². The minimum absolute atomic E-state index is 0.118. The van der Waals surface area contributed by atoms with Gasteiger partial charge in [-0.15, -0.1) is 0 Å². The van der Waals surface area contributed by atoms with E-state index in [0.717, 1.165) is 0 Å². The van der Waals surface area contributed by atoms with Crippen LogP contribution in [0.5, 0.6) is 0 Å². The Morgan fingerprint density at radius 1 is 1.29 bits per heavy atom. The molecule has 21 heavy (non-hydrogen) atoms. The third-order valence-electron chi connectivity index (χ3n) is 2.76. The lowest BCUT2D eigenvalue weighted by molar-refractivity contribution is -0.385. The van der Waals surface area contributed by atoms with Crippen molar-refractivity contribution in [3.05, 3.63) is 38.3 Å². The van der Waals surface area contributed by atoms with Crippen LogP contribution < -0.4 is 5.32 Å². The zero-order valence-electron chi connectivity index (χ0n) is 11.2. The van der Waals surface area contributed by atoms with Crippen molar-refractivity contribution >= 4 is 33.5 Å². The summed E-state index contributed by atoms with van der Waals surface area (Å²) in [4.78, 5) is 32.4. The van der Waals surface area contributed by atoms with Crippen LogP contribution in [0.2, 0.25) is 0 Å². The van der Waals surface area contributed by atoms with Gasteiger partial charge in [0, 0.05) is 24.6 Å². The first-order valence-corrected chi connectivity index (χ1v) is 7.15. The molecule has 0 heterocycles. The van der Waals surface area contributed by atoms with Crippen LogP contribution in [0, 0.1) is 10.1 Å². The van der Waals surface area contributed by atoms with Crippen molar-refractivity contribution in [3.63, 3.8) is 0 Å². The SMILES string of the molecule is O=C(O)CCCCCNC(=O)c1ccc(Br)c([N+](=O)[O-])c1. The van der Waals surface area contributed by atoms with Crippen molar-refractivity contribution in [1.29, 1.82) is 0 Å². The molecule has 0 saturated heterocycles. The molecule has 8 heteroatoms. The third kappa shape index (κ3) is 5.90. The molecule has 0 aliphatic heterocycles. The summed E-state index contributed by atoms with van der Waals surface area (Å²) in [6, 6.07) is 4.17. The Hall–Kier alpha value is -1.96. The summed E-state index contributed by atoms with van der Waals surface area (Å²) in [5, 5.41) is 21.9. The van der Waals surface area contributed by atoms with Crippen LogP contribution >= 0.6 is 15.9 Å². The molecule has 0 radical (unpaired) electrons. The van der Waals surface area contributed by atoms with E-state index in [1.165, 1.54) is 18.2 Å². The van der Waals surface area contributed by atoms with Gasteiger partial charge in [0.15, 0.2) is 0 Å². The van der Waals surface area contributed by atoms with Crippen LogP contribution in [0.4, 0.5) is 5.69 Å². The molecule has 0 saturated carbocycles. The fraction of sp³-hybridized carbons (Fsp3) is 0.385. The summed E-state index contributed by atoms with van der Waals surface area (Å²) in [6.07, 6.45) is 2.05. The molecular weight excluding hydrogens is 344 g/mol. The topological polar surface area (TPSA) is 110 Å². The number of carboxylic acids is 1. The molecule has 1 rings (SSSR count). The van der Waals surface area contributed by atoms with E-state index in [0.29, 0.717) is 30.3 Å². The zero-order valence-corrected chi connectivity index (χ0v) is 12.8. The number of nitrogens with zero attached hydrogens (tertiary/aromatic N) is 1. The van der Waals surface area contributed by atoms with Crippen molar-refractivity contribution < 1.29 is 19.6 Å². The van der Waals surface area contributed by atoms with Gasteiger partial charge in [0.25, 0.3) is 11.6 Å². The number of aliphatic carboxylic acids is 1. The van der Waals surface area contributed by atoms with Gasteiger partial charge in [0.1, 0.15) is 0 Å². The maximum absolute atomic E-state index is 11.8. The minimum Gasteiger partial charge on any atom is -0.481 e. The molecule has 0 aliphatic carbocycles. The number of nitro groups is 1. The van der Waals surface area contributed by atoms with Gasteiger partial charge < -0.3 is 10.4 Å². The molecule has 7 nitrogen and oxygen atoms in total. The number of carbonyl (C=O) groups is 2. The second-order valence-electron chi connectivity index (χ2n) is 4.38. The Labute approximate surface area is 129 Å². The fourth-order valence-electron chi connectivity index (χ4n) is 1.68. The molecular formula is C13H15BrN2O5. The van der Waals surface area contributed by atoms with E-state index in [1.807, 2.05) is 0 Å². The van der Waals surface area contributed by atoms with Crippen molar-refractivity contribution in [1.82, 2.24) is 5.32 Å². The van der Waals surface area contributed by atoms with Gasteiger partial charge >= 0.3 is 5.97 Å². The van der Waals surface area contributed by atoms with Crippen LogP contribution in [0.25, 0.3) is 0 Å². The van der Waals surface area contributed by atoms with Crippen molar-refractivity contribution in [2.45, 2.75) is 25.7 Å². The molecule has 0 aliphatic rings. The highest BCUT2D eigenvalue weighted by atomic mass is 79.9. The lowest BCUT2D eigenvalue weighted by Crippen LogP contribution is -2.24. The van der Waals surface area contributed by atoms with Crippen molar-refractivity contribution in [3.8, 4) is 0 Å². The van der Waals surface area contributed by atoms with E-state index >= 15 is 0 Å². The Morgan fingerprint density at radius 2 is 2.00 bits per heavy atom. The second-order valence-corrected chi connectivity index (χ2v) is 5.24. The molecule has 0 atom stereocenters. The molecule has 0 fully saturated rings. The highest BCUT2D eigenvalue weighted by Gasteiger charge is 2.15. The lowest BCUT2D eigenvalue weighted by atomic mass is 10.1. The predicted molar refractivity (Wildman–Crippen MR) is 79.2 cm³/mol. The van der Waals surface area contributed by atoms with Crippen LogP contribution in [0.15, 0.2) is 22.7 Å². The number of amides is 1. The normalized spacial score (nSPS) is 10.1.